The van der Waals surface area contributed by atoms with Crippen LogP contribution in [0.25, 0.3) is 0 Å². The van der Waals surface area contributed by atoms with Crippen molar-refractivity contribution < 1.29 is 39.2 Å². The van der Waals surface area contributed by atoms with Gasteiger partial charge in [-0.25, -0.2) is 4.79 Å². The topological polar surface area (TPSA) is 130 Å². The van der Waals surface area contributed by atoms with E-state index in [0.717, 1.165) is 24.0 Å². The Balaban J connectivity index is 1.71. The molecule has 1 saturated carbocycles. The van der Waals surface area contributed by atoms with Crippen LogP contribution in [0.2, 0.25) is 0 Å². The lowest BCUT2D eigenvalue weighted by molar-refractivity contribution is -0.171. The third-order valence-electron chi connectivity index (χ3n) is 10.2. The number of aromatic hydroxyl groups is 2. The molecule has 6 rings (SSSR count). The molecule has 46 heavy (non-hydrogen) atoms. The van der Waals surface area contributed by atoms with Crippen molar-refractivity contribution in [2.45, 2.75) is 111 Å². The number of rotatable bonds is 10. The zero-order valence-corrected chi connectivity index (χ0v) is 28.2. The number of phenolic OH excluding ortho intramolecular Hbond substituents is 2. The quantitative estimate of drug-likeness (QED) is 0.182. The summed E-state index contributed by atoms with van der Waals surface area (Å²) in [7, 11) is 0. The molecule has 3 N–H and O–H groups in total. The number of fused-ring (bicyclic) bond motifs is 1. The fourth-order valence-electron chi connectivity index (χ4n) is 7.80. The molecule has 0 amide bonds. The van der Waals surface area contributed by atoms with Crippen LogP contribution < -0.4 is 4.74 Å². The second kappa shape index (κ2) is 11.7. The van der Waals surface area contributed by atoms with E-state index in [1.807, 2.05) is 46.8 Å². The first-order valence-electron chi connectivity index (χ1n) is 16.1. The molecular weight excluding hydrogens is 584 g/mol. The van der Waals surface area contributed by atoms with Crippen molar-refractivity contribution in [2.75, 3.05) is 0 Å². The number of carbonyl (C=O) groups excluding carboxylic acids is 2. The molecule has 8 heteroatoms. The number of benzene rings is 1. The number of carbonyl (C=O) groups is 3. The minimum Gasteiger partial charge on any atom is -0.507 e. The number of ketones is 2. The number of phenols is 2. The van der Waals surface area contributed by atoms with E-state index in [4.69, 9.17) is 9.47 Å². The first kappa shape index (κ1) is 33.5. The monoisotopic (exact) mass is 630 g/mol. The highest BCUT2D eigenvalue weighted by molar-refractivity contribution is 6.18. The molecule has 2 fully saturated rings. The first-order valence-corrected chi connectivity index (χ1v) is 16.1. The highest BCUT2D eigenvalue weighted by Gasteiger charge is 2.81. The largest absolute Gasteiger partial charge is 0.507 e. The van der Waals surface area contributed by atoms with Gasteiger partial charge in [0, 0.05) is 40.5 Å². The number of ether oxygens (including phenoxy) is 2. The normalized spacial score (nSPS) is 27.4. The Morgan fingerprint density at radius 2 is 1.59 bits per heavy atom. The molecule has 1 aromatic carbocycles. The Hall–Kier alpha value is -3.91. The second-order valence-corrected chi connectivity index (χ2v) is 14.4. The van der Waals surface area contributed by atoms with E-state index < -0.39 is 40.4 Å². The standard InChI is InChI=1S/C38H46O8/c1-20(2)10-9-11-22(5)13-15-25-30(39)26(14-12-21(3)4)33-29(31(25)40)32(41)27-18-24-19-28-36(7,8)46-37(34(24)42,38(27,28)45-33)17-16-23(6)35(43)44/h10,12-13,16,18,24,28,39-40H,9,11,14-15,17,19H2,1-8H3,(H,43,44)/b22-13+,23-16+/t24-,28?,37+,38?/m1/s1. The van der Waals surface area contributed by atoms with Gasteiger partial charge < -0.3 is 24.8 Å². The van der Waals surface area contributed by atoms with Crippen molar-refractivity contribution in [3.63, 3.8) is 0 Å². The molecule has 1 spiro atoms. The van der Waals surface area contributed by atoms with E-state index in [1.54, 1.807) is 6.08 Å². The first-order chi connectivity index (χ1) is 21.5. The van der Waals surface area contributed by atoms with Gasteiger partial charge in [-0.3, -0.25) is 9.59 Å². The Morgan fingerprint density at radius 1 is 0.935 bits per heavy atom. The zero-order chi connectivity index (χ0) is 33.9. The lowest BCUT2D eigenvalue weighted by Gasteiger charge is -2.56. The Morgan fingerprint density at radius 3 is 2.22 bits per heavy atom. The molecule has 4 atom stereocenters. The van der Waals surface area contributed by atoms with Gasteiger partial charge in [0.2, 0.25) is 0 Å². The van der Waals surface area contributed by atoms with Crippen LogP contribution in [0.1, 0.15) is 103 Å². The summed E-state index contributed by atoms with van der Waals surface area (Å²) in [5.74, 6) is -3.33. The van der Waals surface area contributed by atoms with E-state index in [0.29, 0.717) is 12.0 Å². The maximum Gasteiger partial charge on any atom is 0.330 e. The van der Waals surface area contributed by atoms with Crippen LogP contribution in [-0.2, 0) is 27.2 Å². The van der Waals surface area contributed by atoms with Crippen LogP contribution in [0.15, 0.2) is 58.2 Å². The van der Waals surface area contributed by atoms with E-state index in [2.05, 4.69) is 19.9 Å². The van der Waals surface area contributed by atoms with Gasteiger partial charge in [0.15, 0.2) is 22.8 Å². The third-order valence-corrected chi connectivity index (χ3v) is 10.2. The summed E-state index contributed by atoms with van der Waals surface area (Å²) in [6.45, 7) is 15.2. The van der Waals surface area contributed by atoms with Crippen molar-refractivity contribution in [1.29, 1.82) is 0 Å². The molecule has 0 aromatic heterocycles. The Bertz CT molecular complexity index is 1670. The second-order valence-electron chi connectivity index (χ2n) is 14.4. The molecular formula is C38H46O8. The fraction of sp³-hybridized carbons (Fsp3) is 0.500. The number of Topliss-reactive ketones (excluding diaryl/α,β-unsaturated/α-hetero) is 2. The summed E-state index contributed by atoms with van der Waals surface area (Å²) in [4.78, 5) is 40.6. The molecule has 1 saturated heterocycles. The molecule has 5 aliphatic rings. The average Bonchev–Trinajstić information content (AvgIpc) is 3.12. The SMILES string of the molecule is CC(C)=CCC/C(C)=C/Cc1c(O)c(CC=C(C)C)c2c(c1O)C(=O)C1=C[C@@H]3CC4C(C)(C)O[C@@](C/C=C(\C)C(=O)O)(C3=O)C14O2. The third kappa shape index (κ3) is 5.05. The molecule has 1 aromatic rings. The Labute approximate surface area is 271 Å². The summed E-state index contributed by atoms with van der Waals surface area (Å²) in [5, 5.41) is 33.0. The molecule has 246 valence electrons. The van der Waals surface area contributed by atoms with Crippen molar-refractivity contribution in [3.05, 3.63) is 74.9 Å². The predicted molar refractivity (Wildman–Crippen MR) is 175 cm³/mol. The number of allylic oxidation sites excluding steroid dienone is 7. The van der Waals surface area contributed by atoms with Gasteiger partial charge in [0.05, 0.1) is 5.60 Å². The molecule has 8 nitrogen and oxygen atoms in total. The maximum atomic E-state index is 14.7. The highest BCUT2D eigenvalue weighted by Crippen LogP contribution is 2.68. The van der Waals surface area contributed by atoms with Gasteiger partial charge in [-0.1, -0.05) is 47.1 Å². The number of hydrogen-bond donors (Lipinski definition) is 3. The number of hydrogen-bond acceptors (Lipinski definition) is 7. The number of carboxylic acid groups (broad SMARTS) is 1. The van der Waals surface area contributed by atoms with E-state index in [9.17, 15) is 29.7 Å². The van der Waals surface area contributed by atoms with Crippen molar-refractivity contribution in [3.8, 4) is 17.2 Å². The zero-order valence-electron chi connectivity index (χ0n) is 28.2. The van der Waals surface area contributed by atoms with Gasteiger partial charge in [0.1, 0.15) is 22.8 Å². The van der Waals surface area contributed by atoms with Gasteiger partial charge in [-0.15, -0.1) is 0 Å². The Kier molecular flexibility index (Phi) is 8.52. The van der Waals surface area contributed by atoms with Crippen molar-refractivity contribution in [2.24, 2.45) is 11.8 Å². The van der Waals surface area contributed by atoms with Crippen molar-refractivity contribution >= 4 is 17.5 Å². The summed E-state index contributed by atoms with van der Waals surface area (Å²) >= 11 is 0. The van der Waals surface area contributed by atoms with Gasteiger partial charge in [0.25, 0.3) is 0 Å². The van der Waals surface area contributed by atoms with E-state index in [1.165, 1.54) is 18.6 Å². The summed E-state index contributed by atoms with van der Waals surface area (Å²) in [5.41, 5.74) is 0.0623. The van der Waals surface area contributed by atoms with Crippen molar-refractivity contribution in [1.82, 2.24) is 0 Å². The van der Waals surface area contributed by atoms with Gasteiger partial charge in [-0.05, 0) is 87.5 Å². The molecule has 0 radical (unpaired) electrons. The minimum atomic E-state index is -1.67. The number of carboxylic acids is 1. The lowest BCUT2D eigenvalue weighted by Crippen LogP contribution is -2.72. The molecule has 2 unspecified atom stereocenters. The predicted octanol–water partition coefficient (Wildman–Crippen LogP) is 7.27. The summed E-state index contributed by atoms with van der Waals surface area (Å²) in [6.07, 6.45) is 11.6. The molecule has 2 heterocycles. The fourth-order valence-corrected chi connectivity index (χ4v) is 7.80. The summed E-state index contributed by atoms with van der Waals surface area (Å²) < 4.78 is 13.6. The molecule has 4 bridgehead atoms. The smallest absolute Gasteiger partial charge is 0.330 e. The number of aliphatic carboxylic acids is 1. The van der Waals surface area contributed by atoms with Crippen LogP contribution in [0.3, 0.4) is 0 Å². The van der Waals surface area contributed by atoms with Gasteiger partial charge in [-0.2, -0.15) is 0 Å². The lowest BCUT2D eigenvalue weighted by atomic mass is 9.51. The van der Waals surface area contributed by atoms with Crippen LogP contribution in [0.5, 0.6) is 17.2 Å². The highest BCUT2D eigenvalue weighted by atomic mass is 16.6. The van der Waals surface area contributed by atoms with Crippen LogP contribution in [0.4, 0.5) is 0 Å². The van der Waals surface area contributed by atoms with Gasteiger partial charge >= 0.3 is 5.97 Å². The minimum absolute atomic E-state index is 0.0259. The van der Waals surface area contributed by atoms with Crippen LogP contribution >= 0.6 is 0 Å². The molecule has 3 aliphatic carbocycles. The van der Waals surface area contributed by atoms with Crippen LogP contribution in [-0.4, -0.2) is 49.7 Å². The summed E-state index contributed by atoms with van der Waals surface area (Å²) in [6, 6.07) is 0. The van der Waals surface area contributed by atoms with E-state index in [-0.39, 0.29) is 64.6 Å². The van der Waals surface area contributed by atoms with Crippen LogP contribution in [0, 0.1) is 11.8 Å². The average molecular weight is 631 g/mol. The van der Waals surface area contributed by atoms with E-state index >= 15 is 0 Å². The molecule has 2 aliphatic heterocycles. The maximum absolute atomic E-state index is 14.7.